The Morgan fingerprint density at radius 2 is 1.87 bits per heavy atom. The van der Waals surface area contributed by atoms with Crippen molar-refractivity contribution in [3.63, 3.8) is 0 Å². The summed E-state index contributed by atoms with van der Waals surface area (Å²) < 4.78 is 1.78. The van der Waals surface area contributed by atoms with Gasteiger partial charge in [0.05, 0.1) is 0 Å². The monoisotopic (exact) mass is 312 g/mol. The van der Waals surface area contributed by atoms with Gasteiger partial charge in [0.15, 0.2) is 5.43 Å². The number of nitrogens with zero attached hydrogens (tertiary/aromatic N) is 1. The van der Waals surface area contributed by atoms with Crippen LogP contribution in [0.4, 0.5) is 0 Å². The molecule has 0 spiro atoms. The van der Waals surface area contributed by atoms with E-state index in [0.29, 0.717) is 6.54 Å². The number of aromatic nitrogens is 1. The molecule has 0 radical (unpaired) electrons. The van der Waals surface area contributed by atoms with Gasteiger partial charge >= 0.3 is 0 Å². The summed E-state index contributed by atoms with van der Waals surface area (Å²) in [6.07, 6.45) is 1.59. The summed E-state index contributed by atoms with van der Waals surface area (Å²) in [6.45, 7) is 8.54. The van der Waals surface area contributed by atoms with E-state index in [2.05, 4.69) is 38.2 Å². The summed E-state index contributed by atoms with van der Waals surface area (Å²) in [6, 6.07) is 9.63. The van der Waals surface area contributed by atoms with Gasteiger partial charge in [0.25, 0.3) is 5.91 Å². The van der Waals surface area contributed by atoms with Gasteiger partial charge < -0.3 is 9.88 Å². The largest absolute Gasteiger partial charge is 0.354 e. The van der Waals surface area contributed by atoms with Crippen molar-refractivity contribution < 1.29 is 4.79 Å². The quantitative estimate of drug-likeness (QED) is 0.943. The van der Waals surface area contributed by atoms with Crippen LogP contribution in [-0.4, -0.2) is 17.0 Å². The van der Waals surface area contributed by atoms with Crippen LogP contribution in [0, 0.1) is 13.8 Å². The third kappa shape index (κ3) is 3.70. The minimum absolute atomic E-state index is 0.179. The zero-order valence-electron chi connectivity index (χ0n) is 14.4. The molecule has 0 saturated carbocycles. The molecular formula is C19H24N2O2. The molecule has 2 rings (SSSR count). The average molecular weight is 312 g/mol. The van der Waals surface area contributed by atoms with Gasteiger partial charge in [0, 0.05) is 37.0 Å². The van der Waals surface area contributed by atoms with Crippen LogP contribution in [-0.2, 0) is 12.5 Å². The number of amides is 1. The predicted octanol–water partition coefficient (Wildman–Crippen LogP) is 2.71. The average Bonchev–Trinajstić information content (AvgIpc) is 2.49. The molecule has 0 fully saturated rings. The fraction of sp³-hybridized carbons (Fsp3) is 0.368. The highest BCUT2D eigenvalue weighted by molar-refractivity contribution is 5.93. The summed E-state index contributed by atoms with van der Waals surface area (Å²) >= 11 is 0. The van der Waals surface area contributed by atoms with Crippen molar-refractivity contribution in [2.24, 2.45) is 7.05 Å². The first-order valence-electron chi connectivity index (χ1n) is 7.74. The standard InChI is InChI=1S/C19H24N2O2/c1-13-8-6-7-9-16(13)19(3,4)12-20-18(23)15-11-21(5)14(2)10-17(15)22/h6-11H,12H2,1-5H3,(H,20,23). The van der Waals surface area contributed by atoms with Crippen LogP contribution >= 0.6 is 0 Å². The first kappa shape index (κ1) is 17.0. The minimum Gasteiger partial charge on any atom is -0.354 e. The molecule has 23 heavy (non-hydrogen) atoms. The van der Waals surface area contributed by atoms with E-state index in [1.807, 2.05) is 26.1 Å². The predicted molar refractivity (Wildman–Crippen MR) is 93.0 cm³/mol. The van der Waals surface area contributed by atoms with E-state index in [0.717, 1.165) is 5.69 Å². The summed E-state index contributed by atoms with van der Waals surface area (Å²) in [4.78, 5) is 24.4. The molecule has 0 aliphatic heterocycles. The Labute approximate surface area is 137 Å². The molecule has 0 aliphatic carbocycles. The lowest BCUT2D eigenvalue weighted by Gasteiger charge is -2.27. The minimum atomic E-state index is -0.327. The zero-order chi connectivity index (χ0) is 17.2. The Kier molecular flexibility index (Phi) is 4.73. The first-order valence-corrected chi connectivity index (χ1v) is 7.74. The Morgan fingerprint density at radius 1 is 1.22 bits per heavy atom. The van der Waals surface area contributed by atoms with E-state index in [4.69, 9.17) is 0 Å². The molecule has 0 saturated heterocycles. The second-order valence-corrected chi connectivity index (χ2v) is 6.69. The molecule has 1 amide bonds. The molecule has 122 valence electrons. The molecule has 0 aliphatic rings. The molecule has 1 aromatic heterocycles. The van der Waals surface area contributed by atoms with Gasteiger partial charge in [-0.05, 0) is 25.0 Å². The highest BCUT2D eigenvalue weighted by Crippen LogP contribution is 2.25. The van der Waals surface area contributed by atoms with Crippen LogP contribution in [0.1, 0.15) is 41.0 Å². The van der Waals surface area contributed by atoms with Crippen molar-refractivity contribution in [3.8, 4) is 0 Å². The van der Waals surface area contributed by atoms with Crippen molar-refractivity contribution in [1.29, 1.82) is 0 Å². The highest BCUT2D eigenvalue weighted by atomic mass is 16.2. The van der Waals surface area contributed by atoms with Crippen LogP contribution in [0.3, 0.4) is 0 Å². The number of carbonyl (C=O) groups is 1. The van der Waals surface area contributed by atoms with E-state index in [-0.39, 0.29) is 22.3 Å². The van der Waals surface area contributed by atoms with E-state index >= 15 is 0 Å². The number of benzene rings is 1. The van der Waals surface area contributed by atoms with Gasteiger partial charge in [-0.1, -0.05) is 38.1 Å². The number of aryl methyl sites for hydroxylation is 3. The maximum Gasteiger partial charge on any atom is 0.256 e. The smallest absolute Gasteiger partial charge is 0.256 e. The zero-order valence-corrected chi connectivity index (χ0v) is 14.4. The lowest BCUT2D eigenvalue weighted by atomic mass is 9.82. The van der Waals surface area contributed by atoms with Gasteiger partial charge in [-0.25, -0.2) is 0 Å². The van der Waals surface area contributed by atoms with Gasteiger partial charge in [0.2, 0.25) is 0 Å². The molecule has 4 nitrogen and oxygen atoms in total. The lowest BCUT2D eigenvalue weighted by Crippen LogP contribution is -2.39. The number of nitrogens with one attached hydrogen (secondary N) is 1. The normalized spacial score (nSPS) is 11.3. The van der Waals surface area contributed by atoms with Crippen molar-refractivity contribution >= 4 is 5.91 Å². The number of hydrogen-bond acceptors (Lipinski definition) is 2. The Hall–Kier alpha value is -2.36. The Morgan fingerprint density at radius 3 is 2.52 bits per heavy atom. The van der Waals surface area contributed by atoms with Crippen LogP contribution in [0.2, 0.25) is 0 Å². The fourth-order valence-electron chi connectivity index (χ4n) is 2.72. The number of hydrogen-bond donors (Lipinski definition) is 1. The summed E-state index contributed by atoms with van der Waals surface area (Å²) in [5.74, 6) is -0.327. The second kappa shape index (κ2) is 6.41. The highest BCUT2D eigenvalue weighted by Gasteiger charge is 2.23. The Balaban J connectivity index is 2.17. The molecule has 0 unspecified atom stereocenters. The van der Waals surface area contributed by atoms with Gasteiger partial charge in [-0.2, -0.15) is 0 Å². The van der Waals surface area contributed by atoms with Crippen molar-refractivity contribution in [2.75, 3.05) is 6.54 Å². The topological polar surface area (TPSA) is 51.1 Å². The van der Waals surface area contributed by atoms with Crippen LogP contribution in [0.25, 0.3) is 0 Å². The van der Waals surface area contributed by atoms with Crippen LogP contribution in [0.5, 0.6) is 0 Å². The van der Waals surface area contributed by atoms with E-state index < -0.39 is 0 Å². The van der Waals surface area contributed by atoms with Gasteiger partial charge in [-0.3, -0.25) is 9.59 Å². The molecule has 1 aromatic carbocycles. The third-order valence-corrected chi connectivity index (χ3v) is 4.29. The van der Waals surface area contributed by atoms with Crippen molar-refractivity contribution in [1.82, 2.24) is 9.88 Å². The third-order valence-electron chi connectivity index (χ3n) is 4.29. The fourth-order valence-corrected chi connectivity index (χ4v) is 2.72. The molecule has 2 aromatic rings. The molecule has 4 heteroatoms. The number of pyridine rings is 1. The van der Waals surface area contributed by atoms with E-state index in [1.165, 1.54) is 17.2 Å². The van der Waals surface area contributed by atoms with Gasteiger partial charge in [0.1, 0.15) is 5.56 Å². The second-order valence-electron chi connectivity index (χ2n) is 6.69. The van der Waals surface area contributed by atoms with E-state index in [1.54, 1.807) is 10.8 Å². The van der Waals surface area contributed by atoms with Crippen LogP contribution in [0.15, 0.2) is 41.3 Å². The summed E-state index contributed by atoms with van der Waals surface area (Å²) in [7, 11) is 1.82. The first-order chi connectivity index (χ1) is 10.7. The van der Waals surface area contributed by atoms with Gasteiger partial charge in [-0.15, -0.1) is 0 Å². The molecule has 1 heterocycles. The van der Waals surface area contributed by atoms with Crippen molar-refractivity contribution in [3.05, 3.63) is 69.1 Å². The summed E-state index contributed by atoms with van der Waals surface area (Å²) in [5, 5.41) is 2.90. The summed E-state index contributed by atoms with van der Waals surface area (Å²) in [5.41, 5.74) is 2.93. The lowest BCUT2D eigenvalue weighted by molar-refractivity contribution is 0.0943. The maximum absolute atomic E-state index is 12.4. The van der Waals surface area contributed by atoms with E-state index in [9.17, 15) is 9.59 Å². The number of rotatable bonds is 4. The molecule has 0 atom stereocenters. The molecule has 1 N–H and O–H groups in total. The Bertz CT molecular complexity index is 788. The maximum atomic E-state index is 12.4. The van der Waals surface area contributed by atoms with Crippen molar-refractivity contribution in [2.45, 2.75) is 33.1 Å². The van der Waals surface area contributed by atoms with Crippen LogP contribution < -0.4 is 10.7 Å². The molecule has 0 bridgehead atoms. The SMILES string of the molecule is Cc1ccccc1C(C)(C)CNC(=O)c1cn(C)c(C)cc1=O. The number of carbonyl (C=O) groups excluding carboxylic acids is 1. The molecular weight excluding hydrogens is 288 g/mol.